The maximum Gasteiger partial charge on any atom is 0.0636 e. The van der Waals surface area contributed by atoms with Crippen LogP contribution in [0.2, 0.25) is 0 Å². The van der Waals surface area contributed by atoms with Crippen LogP contribution in [0.1, 0.15) is 144 Å². The molecule has 1 heteroatoms. The minimum atomic E-state index is -1.61. The Kier molecular flexibility index (Phi) is 17.3. The standard InChI is InChI=1S/C47H40.C46H38.C22H22.C5H12O/c1-33-23-25-37(26-24-33)41-28-40(36-19-12-7-13-20-36)31-43(32-41)45-22-14-21-44(46(45)47(2,3)4)42-29-38(34-15-8-5-9-16-34)27-39(30-42)35-17-10-6-11-18-35;1-46(2,3)45-43(41-29-37(33-17-8-4-9-18-33)27-38(30-41)34-19-10-5-11-20-34)25-16-26-44(45)42-31-39(35-21-12-6-13-22-35)28-40(32-42)36-23-14-7-15-24-36;1-22(2,3)21-15-19(17-10-6-4-7-11-17)14-20(16-21)18-12-8-5-9-13-18;1-5(2,3)6-4/h5-32H,1-4H3;4-32H,1-3H3;4-16H,1-3H3;1-4H3/i5D,6D,7D,8D,9D,10D,11D,12D,13D,14D,15D,16D,17D,18D,19D,20D,21D,22D,23D,24D,25D,26D,27D,28D,29D,30D,31D,32D;;;. The predicted octanol–water partition coefficient (Wildman–Crippen LogP) is 34.0. The summed E-state index contributed by atoms with van der Waals surface area (Å²) in [6, 6.07) is 65.6. The highest BCUT2D eigenvalue weighted by atomic mass is 16.5. The summed E-state index contributed by atoms with van der Waals surface area (Å²) in [7, 11) is 1.71. The smallest absolute Gasteiger partial charge is 0.0636 e. The molecule has 0 aliphatic rings. The van der Waals surface area contributed by atoms with Crippen molar-refractivity contribution in [2.24, 2.45) is 0 Å². The molecule has 0 unspecified atom stereocenters. The Balaban J connectivity index is 0.000000197. The molecule has 0 aromatic heterocycles. The zero-order valence-corrected chi connectivity index (χ0v) is 70.7. The molecule has 0 N–H and O–H groups in total. The third-order valence-electron chi connectivity index (χ3n) is 20.2. The zero-order valence-electron chi connectivity index (χ0n) is 98.7. The molecular weight excluding hydrogens is 1460 g/mol. The third kappa shape index (κ3) is 21.4. The normalized spacial score (nSPS) is 14.7. The molecule has 0 spiro atoms. The average molecular weight is 1600 g/mol. The van der Waals surface area contributed by atoms with Crippen molar-refractivity contribution in [3.63, 3.8) is 0 Å². The Bertz CT molecular complexity index is 7210. The molecule has 0 atom stereocenters. The Hall–Kier alpha value is -13.3. The molecule has 0 aliphatic heterocycles. The van der Waals surface area contributed by atoms with E-state index in [1.54, 1.807) is 7.11 Å². The number of benzene rings is 17. The average Bonchev–Trinajstić information content (AvgIpc) is 0.699. The number of hydrogen-bond acceptors (Lipinski definition) is 1. The summed E-state index contributed by atoms with van der Waals surface area (Å²) >= 11 is 0. The molecule has 598 valence electrons. The Morgan fingerprint density at radius 3 is 0.694 bits per heavy atom. The molecule has 0 radical (unpaired) electrons. The monoisotopic (exact) mass is 1600 g/mol. The van der Waals surface area contributed by atoms with E-state index in [2.05, 4.69) is 296 Å². The van der Waals surface area contributed by atoms with Crippen LogP contribution in [0.4, 0.5) is 0 Å². The second kappa shape index (κ2) is 37.8. The predicted molar refractivity (Wildman–Crippen MR) is 523 cm³/mol. The van der Waals surface area contributed by atoms with Crippen molar-refractivity contribution < 1.29 is 43.1 Å². The van der Waals surface area contributed by atoms with Gasteiger partial charge >= 0.3 is 0 Å². The Morgan fingerprint density at radius 1 is 0.198 bits per heavy atom. The fourth-order valence-electron chi connectivity index (χ4n) is 14.1. The van der Waals surface area contributed by atoms with Gasteiger partial charge in [0.1, 0.15) is 0 Å². The summed E-state index contributed by atoms with van der Waals surface area (Å²) < 4.78 is 257. The molecule has 1 nitrogen and oxygen atoms in total. The van der Waals surface area contributed by atoms with Crippen molar-refractivity contribution in [3.05, 3.63) is 446 Å². The second-order valence-corrected chi connectivity index (χ2v) is 33.4. The van der Waals surface area contributed by atoms with Crippen LogP contribution in [0, 0.1) is 6.92 Å². The first-order chi connectivity index (χ1) is 70.1. The molecule has 121 heavy (non-hydrogen) atoms. The van der Waals surface area contributed by atoms with Gasteiger partial charge in [-0.2, -0.15) is 0 Å². The van der Waals surface area contributed by atoms with Gasteiger partial charge in [-0.1, -0.05) is 413 Å². The van der Waals surface area contributed by atoms with Gasteiger partial charge in [0.2, 0.25) is 0 Å². The number of ether oxygens (including phenoxy) is 1. The quantitative estimate of drug-likeness (QED) is 0.105. The van der Waals surface area contributed by atoms with E-state index in [9.17, 15) is 12.3 Å². The number of methoxy groups -OCH3 is 1. The van der Waals surface area contributed by atoms with Crippen LogP contribution in [0.15, 0.2) is 424 Å². The van der Waals surface area contributed by atoms with E-state index in [0.29, 0.717) is 0 Å². The van der Waals surface area contributed by atoms with Gasteiger partial charge in [-0.3, -0.25) is 0 Å². The molecule has 17 rings (SSSR count). The van der Waals surface area contributed by atoms with Crippen molar-refractivity contribution in [2.45, 2.75) is 112 Å². The summed E-state index contributed by atoms with van der Waals surface area (Å²) in [4.78, 5) is 0. The first-order valence-corrected chi connectivity index (χ1v) is 40.3. The molecule has 0 saturated carbocycles. The minimum Gasteiger partial charge on any atom is -0.379 e. The minimum absolute atomic E-state index is 0.0417. The van der Waals surface area contributed by atoms with Gasteiger partial charge in [-0.15, -0.1) is 0 Å². The van der Waals surface area contributed by atoms with E-state index in [4.69, 9.17) is 30.8 Å². The lowest BCUT2D eigenvalue weighted by Crippen LogP contribution is -2.15. The van der Waals surface area contributed by atoms with Crippen LogP contribution in [0.5, 0.6) is 0 Å². The van der Waals surface area contributed by atoms with Crippen molar-refractivity contribution in [1.29, 1.82) is 0 Å². The molecule has 17 aromatic rings. The van der Waals surface area contributed by atoms with Crippen molar-refractivity contribution in [3.8, 4) is 156 Å². The molecule has 0 fully saturated rings. The summed E-state index contributed by atoms with van der Waals surface area (Å²) in [5.41, 5.74) is 10.8. The maximum absolute atomic E-state index is 9.89. The van der Waals surface area contributed by atoms with Crippen LogP contribution in [-0.4, -0.2) is 12.7 Å². The molecule has 0 saturated heterocycles. The van der Waals surface area contributed by atoms with Gasteiger partial charge < -0.3 is 4.74 Å². The van der Waals surface area contributed by atoms with E-state index in [1.807, 2.05) is 20.8 Å². The van der Waals surface area contributed by atoms with Crippen molar-refractivity contribution in [1.82, 2.24) is 0 Å². The fourth-order valence-corrected chi connectivity index (χ4v) is 14.1. The van der Waals surface area contributed by atoms with Crippen LogP contribution in [0.3, 0.4) is 0 Å². The molecule has 0 amide bonds. The van der Waals surface area contributed by atoms with Gasteiger partial charge in [0.15, 0.2) is 0 Å². The molecule has 0 bridgehead atoms. The second-order valence-electron chi connectivity index (χ2n) is 33.4. The first kappa shape index (κ1) is 55.5. The lowest BCUT2D eigenvalue weighted by atomic mass is 9.76. The van der Waals surface area contributed by atoms with Crippen LogP contribution in [-0.2, 0) is 21.0 Å². The van der Waals surface area contributed by atoms with Gasteiger partial charge in [0.05, 0.1) is 44.0 Å². The summed E-state index contributed by atoms with van der Waals surface area (Å²) in [5, 5.41) is 0. The Morgan fingerprint density at radius 2 is 0.438 bits per heavy atom. The van der Waals surface area contributed by atoms with E-state index in [1.165, 1.54) is 128 Å². The lowest BCUT2D eigenvalue weighted by Gasteiger charge is -2.28. The van der Waals surface area contributed by atoms with E-state index < -0.39 is 247 Å². The molecule has 0 aliphatic carbocycles. The molecular formula is C120H112O. The highest BCUT2D eigenvalue weighted by molar-refractivity contribution is 5.92. The van der Waals surface area contributed by atoms with Crippen LogP contribution >= 0.6 is 0 Å². The van der Waals surface area contributed by atoms with Crippen LogP contribution < -0.4 is 0 Å². The van der Waals surface area contributed by atoms with E-state index in [-0.39, 0.29) is 22.0 Å². The highest BCUT2D eigenvalue weighted by Crippen LogP contribution is 2.48. The Labute approximate surface area is 760 Å². The molecule has 17 aromatic carbocycles. The first-order valence-electron chi connectivity index (χ1n) is 54.3. The van der Waals surface area contributed by atoms with E-state index >= 15 is 0 Å². The number of rotatable bonds is 14. The van der Waals surface area contributed by atoms with Crippen LogP contribution in [0.25, 0.3) is 156 Å². The van der Waals surface area contributed by atoms with Gasteiger partial charge in [-0.25, -0.2) is 0 Å². The highest BCUT2D eigenvalue weighted by Gasteiger charge is 2.28. The maximum atomic E-state index is 9.89. The lowest BCUT2D eigenvalue weighted by molar-refractivity contribution is 0.0397. The summed E-state index contributed by atoms with van der Waals surface area (Å²) in [5.74, 6) is 0. The SMILES string of the molecule is CC(C)(C)c1c(-c2cc(-c3ccccc3)cc(-c3ccccc3)c2)cccc1-c1cc(-c2ccccc2)cc(-c2ccccc2)c1.CC(C)(C)c1cc(-c2ccccc2)cc(-c2ccccc2)c1.COC(C)(C)C.[2H]c1c([2H])c([2H])c(-c2c([2H])c(-c3c([2H])c([2H])c([2H])c([2H])c3[2H])c([2H])c(-c3c([2H])c([2H])c([2H])c(-c4c([2H])c(-c5c([2H])c([2H])c([2H])c([2H])c5[2H])c([2H])c(-c5c([2H])c([2H])c(C)c([2H])c5[2H])c4[2H])c3C(C)(C)C)c2[2H])c([2H])c1[2H]. The third-order valence-corrected chi connectivity index (χ3v) is 20.2. The van der Waals surface area contributed by atoms with E-state index in [0.717, 1.165) is 0 Å². The van der Waals surface area contributed by atoms with Gasteiger partial charge in [-0.05, 0) is 295 Å². The van der Waals surface area contributed by atoms with Gasteiger partial charge in [0.25, 0.3) is 0 Å². The summed E-state index contributed by atoms with van der Waals surface area (Å²) in [6.45, 7) is 25.5. The van der Waals surface area contributed by atoms with Crippen molar-refractivity contribution >= 4 is 0 Å². The topological polar surface area (TPSA) is 9.23 Å². The fraction of sp³-hybridized carbons (Fsp3) is 0.150. The molecule has 0 heterocycles. The number of hydrogen-bond donors (Lipinski definition) is 0. The van der Waals surface area contributed by atoms with Crippen molar-refractivity contribution in [2.75, 3.05) is 7.11 Å². The largest absolute Gasteiger partial charge is 0.379 e. The summed E-state index contributed by atoms with van der Waals surface area (Å²) in [6.07, 6.45) is 0. The van der Waals surface area contributed by atoms with Gasteiger partial charge in [0, 0.05) is 7.11 Å². The zero-order chi connectivity index (χ0) is 109.